The van der Waals surface area contributed by atoms with Crippen LogP contribution in [0.15, 0.2) is 23.8 Å². The van der Waals surface area contributed by atoms with Gasteiger partial charge in [0, 0.05) is 32.7 Å². The van der Waals surface area contributed by atoms with E-state index < -0.39 is 0 Å². The minimum absolute atomic E-state index is 0.452. The summed E-state index contributed by atoms with van der Waals surface area (Å²) in [5.74, 6) is 0.915. The predicted molar refractivity (Wildman–Crippen MR) is 91.5 cm³/mol. The van der Waals surface area contributed by atoms with Crippen LogP contribution in [0.5, 0.6) is 0 Å². The molecule has 1 fully saturated rings. The molecule has 0 bridgehead atoms. The smallest absolute Gasteiger partial charge is 0.151 e. The quantitative estimate of drug-likeness (QED) is 0.794. The van der Waals surface area contributed by atoms with Crippen molar-refractivity contribution in [2.24, 2.45) is 0 Å². The highest BCUT2D eigenvalue weighted by Gasteiger charge is 2.24. The van der Waals surface area contributed by atoms with Gasteiger partial charge in [0.05, 0.1) is 0 Å². The number of rotatable bonds is 4. The molecule has 4 nitrogen and oxygen atoms in total. The van der Waals surface area contributed by atoms with Crippen molar-refractivity contribution < 1.29 is 0 Å². The van der Waals surface area contributed by atoms with Gasteiger partial charge in [0.1, 0.15) is 0 Å². The minimum Gasteiger partial charge on any atom is -0.355 e. The molecule has 120 valence electrons. The van der Waals surface area contributed by atoms with Crippen LogP contribution in [0.2, 0.25) is 5.15 Å². The number of piperidine rings is 1. The second-order valence-electron chi connectivity index (χ2n) is 6.44. The van der Waals surface area contributed by atoms with Gasteiger partial charge in [-0.3, -0.25) is 4.90 Å². The van der Waals surface area contributed by atoms with E-state index >= 15 is 0 Å². The molecule has 22 heavy (non-hydrogen) atoms. The Labute approximate surface area is 138 Å². The lowest BCUT2D eigenvalue weighted by molar-refractivity contribution is 0.223. The van der Waals surface area contributed by atoms with Gasteiger partial charge in [0.15, 0.2) is 11.0 Å². The van der Waals surface area contributed by atoms with E-state index in [0.717, 1.165) is 5.82 Å². The Morgan fingerprint density at radius 2 is 2.05 bits per heavy atom. The molecule has 2 heterocycles. The largest absolute Gasteiger partial charge is 0.355 e. The zero-order valence-electron chi connectivity index (χ0n) is 13.3. The van der Waals surface area contributed by atoms with Gasteiger partial charge in [-0.05, 0) is 50.7 Å². The van der Waals surface area contributed by atoms with Crippen molar-refractivity contribution in [1.82, 2.24) is 15.1 Å². The standard InChI is InChI=1S/C17H25ClN4/c1-21(17-8-7-16(18)19-20-17)15-9-11-22(12-10-15)13-14-5-3-2-4-6-14/h5,7-8,15H,2-4,6,9-13H2,1H3. The molecule has 1 aromatic heterocycles. The van der Waals surface area contributed by atoms with Gasteiger partial charge in [-0.1, -0.05) is 23.3 Å². The lowest BCUT2D eigenvalue weighted by atomic mass is 9.97. The molecule has 3 rings (SSSR count). The topological polar surface area (TPSA) is 32.3 Å². The first kappa shape index (κ1) is 15.8. The highest BCUT2D eigenvalue weighted by Crippen LogP contribution is 2.23. The zero-order chi connectivity index (χ0) is 15.4. The first-order valence-electron chi connectivity index (χ1n) is 8.35. The molecule has 5 heteroatoms. The third-order valence-electron chi connectivity index (χ3n) is 4.90. The Balaban J connectivity index is 1.50. The van der Waals surface area contributed by atoms with Crippen LogP contribution in [0.25, 0.3) is 0 Å². The second kappa shape index (κ2) is 7.42. The first-order chi connectivity index (χ1) is 10.7. The van der Waals surface area contributed by atoms with Crippen molar-refractivity contribution in [3.05, 3.63) is 28.9 Å². The van der Waals surface area contributed by atoms with Crippen LogP contribution in [-0.2, 0) is 0 Å². The Hall–Kier alpha value is -1.13. The van der Waals surface area contributed by atoms with E-state index in [-0.39, 0.29) is 0 Å². The molecule has 0 unspecified atom stereocenters. The molecular weight excluding hydrogens is 296 g/mol. The molecule has 1 aromatic rings. The molecule has 0 aromatic carbocycles. The third kappa shape index (κ3) is 3.99. The summed E-state index contributed by atoms with van der Waals surface area (Å²) in [5, 5.41) is 8.58. The van der Waals surface area contributed by atoms with Crippen LogP contribution < -0.4 is 4.90 Å². The summed E-state index contributed by atoms with van der Waals surface area (Å²) in [4.78, 5) is 4.86. The minimum atomic E-state index is 0.452. The van der Waals surface area contributed by atoms with Crippen molar-refractivity contribution in [2.75, 3.05) is 31.6 Å². The summed E-state index contributed by atoms with van der Waals surface area (Å²) < 4.78 is 0. The molecule has 1 aliphatic carbocycles. The van der Waals surface area contributed by atoms with Gasteiger partial charge in [-0.25, -0.2) is 0 Å². The van der Waals surface area contributed by atoms with Crippen LogP contribution in [0.3, 0.4) is 0 Å². The molecule has 0 amide bonds. The van der Waals surface area contributed by atoms with Gasteiger partial charge in [0.2, 0.25) is 0 Å². The molecule has 0 atom stereocenters. The molecule has 0 N–H and O–H groups in total. The lowest BCUT2D eigenvalue weighted by Gasteiger charge is -2.37. The Bertz CT molecular complexity index is 506. The Morgan fingerprint density at radius 1 is 1.23 bits per heavy atom. The lowest BCUT2D eigenvalue weighted by Crippen LogP contribution is -2.44. The van der Waals surface area contributed by atoms with Crippen LogP contribution >= 0.6 is 11.6 Å². The number of hydrogen-bond acceptors (Lipinski definition) is 4. The molecule has 0 spiro atoms. The van der Waals surface area contributed by atoms with E-state index in [4.69, 9.17) is 11.6 Å². The average molecular weight is 321 g/mol. The molecule has 1 aliphatic heterocycles. The summed E-state index contributed by atoms with van der Waals surface area (Å²) in [6.07, 6.45) is 10.2. The van der Waals surface area contributed by atoms with Crippen molar-refractivity contribution >= 4 is 17.4 Å². The van der Waals surface area contributed by atoms with Crippen LogP contribution in [0.1, 0.15) is 38.5 Å². The molecule has 1 saturated heterocycles. The van der Waals surface area contributed by atoms with Crippen molar-refractivity contribution in [2.45, 2.75) is 44.6 Å². The van der Waals surface area contributed by atoms with E-state index in [1.807, 2.05) is 12.1 Å². The summed E-state index contributed by atoms with van der Waals surface area (Å²) in [7, 11) is 2.11. The molecule has 0 saturated carbocycles. The number of allylic oxidation sites excluding steroid dienone is 1. The van der Waals surface area contributed by atoms with Gasteiger partial charge in [-0.2, -0.15) is 0 Å². The van der Waals surface area contributed by atoms with Crippen LogP contribution in [0, 0.1) is 0 Å². The maximum Gasteiger partial charge on any atom is 0.151 e. The van der Waals surface area contributed by atoms with Crippen LogP contribution in [0.4, 0.5) is 5.82 Å². The average Bonchev–Trinajstić information content (AvgIpc) is 2.57. The number of anilines is 1. The highest BCUT2D eigenvalue weighted by atomic mass is 35.5. The number of aromatic nitrogens is 2. The maximum atomic E-state index is 5.81. The summed E-state index contributed by atoms with van der Waals surface area (Å²) in [5.41, 5.74) is 1.65. The fourth-order valence-corrected chi connectivity index (χ4v) is 3.59. The van der Waals surface area contributed by atoms with Crippen LogP contribution in [-0.4, -0.2) is 47.8 Å². The number of likely N-dealkylation sites (tertiary alicyclic amines) is 1. The normalized spacial score (nSPS) is 20.7. The van der Waals surface area contributed by atoms with E-state index in [2.05, 4.69) is 33.1 Å². The summed E-state index contributed by atoms with van der Waals surface area (Å²) in [6.45, 7) is 3.53. The predicted octanol–water partition coefficient (Wildman–Crippen LogP) is 3.53. The number of hydrogen-bond donors (Lipinski definition) is 0. The Kier molecular flexibility index (Phi) is 5.32. The summed E-state index contributed by atoms with van der Waals surface area (Å²) in [6, 6.07) is 4.31. The Morgan fingerprint density at radius 3 is 2.68 bits per heavy atom. The zero-order valence-corrected chi connectivity index (χ0v) is 14.1. The van der Waals surface area contributed by atoms with Gasteiger partial charge in [-0.15, -0.1) is 10.2 Å². The van der Waals surface area contributed by atoms with Gasteiger partial charge in [0.25, 0.3) is 0 Å². The molecule has 2 aliphatic rings. The van der Waals surface area contributed by atoms with Crippen molar-refractivity contribution in [3.63, 3.8) is 0 Å². The van der Waals surface area contributed by atoms with E-state index in [1.165, 1.54) is 58.2 Å². The van der Waals surface area contributed by atoms with E-state index in [9.17, 15) is 0 Å². The first-order valence-corrected chi connectivity index (χ1v) is 8.72. The van der Waals surface area contributed by atoms with E-state index in [1.54, 1.807) is 5.57 Å². The number of nitrogens with zero attached hydrogens (tertiary/aromatic N) is 4. The fourth-order valence-electron chi connectivity index (χ4n) is 3.48. The second-order valence-corrected chi connectivity index (χ2v) is 6.83. The number of halogens is 1. The van der Waals surface area contributed by atoms with E-state index in [0.29, 0.717) is 11.2 Å². The molecular formula is C17H25ClN4. The fraction of sp³-hybridized carbons (Fsp3) is 0.647. The molecule has 0 radical (unpaired) electrons. The third-order valence-corrected chi connectivity index (χ3v) is 5.10. The van der Waals surface area contributed by atoms with Gasteiger partial charge < -0.3 is 4.90 Å². The summed E-state index contributed by atoms with van der Waals surface area (Å²) >= 11 is 5.81. The SMILES string of the molecule is CN(c1ccc(Cl)nn1)C1CCN(CC2=CCCCC2)CC1. The van der Waals surface area contributed by atoms with Crippen molar-refractivity contribution in [3.8, 4) is 0 Å². The monoisotopic (exact) mass is 320 g/mol. The highest BCUT2D eigenvalue weighted by molar-refractivity contribution is 6.29. The van der Waals surface area contributed by atoms with Crippen molar-refractivity contribution in [1.29, 1.82) is 0 Å². The van der Waals surface area contributed by atoms with Gasteiger partial charge >= 0.3 is 0 Å². The maximum absolute atomic E-state index is 5.81.